The van der Waals surface area contributed by atoms with Crippen LogP contribution in [0.1, 0.15) is 13.3 Å². The Labute approximate surface area is 96.9 Å². The van der Waals surface area contributed by atoms with Gasteiger partial charge in [-0.05, 0) is 18.6 Å². The van der Waals surface area contributed by atoms with Crippen LogP contribution in [0.25, 0.3) is 0 Å². The van der Waals surface area contributed by atoms with Gasteiger partial charge in [-0.2, -0.15) is 0 Å². The summed E-state index contributed by atoms with van der Waals surface area (Å²) in [5, 5.41) is 0. The molecule has 0 radical (unpaired) electrons. The van der Waals surface area contributed by atoms with Crippen molar-refractivity contribution in [3.05, 3.63) is 36.4 Å². The minimum atomic E-state index is 0.518. The maximum Gasteiger partial charge on any atom is 0.161 e. The van der Waals surface area contributed by atoms with Crippen molar-refractivity contribution in [3.63, 3.8) is 0 Å². The average Bonchev–Trinajstić information content (AvgIpc) is 2.33. The van der Waals surface area contributed by atoms with E-state index >= 15 is 0 Å². The standard InChI is InChI=1S/C13H19NO2/c1-2-10-15-12-7-3-4-8-13(12)16-11-6-5-9-14/h3-8H,2,9-11,14H2,1H3. The summed E-state index contributed by atoms with van der Waals surface area (Å²) in [5.41, 5.74) is 5.34. The van der Waals surface area contributed by atoms with Crippen LogP contribution in [-0.4, -0.2) is 19.8 Å². The molecule has 0 spiro atoms. The summed E-state index contributed by atoms with van der Waals surface area (Å²) in [5.74, 6) is 1.57. The lowest BCUT2D eigenvalue weighted by Gasteiger charge is -2.10. The second kappa shape index (κ2) is 7.77. The number of benzene rings is 1. The summed E-state index contributed by atoms with van der Waals surface area (Å²) < 4.78 is 11.1. The van der Waals surface area contributed by atoms with E-state index in [4.69, 9.17) is 15.2 Å². The van der Waals surface area contributed by atoms with Gasteiger partial charge in [-0.25, -0.2) is 0 Å². The van der Waals surface area contributed by atoms with Gasteiger partial charge in [0.25, 0.3) is 0 Å². The van der Waals surface area contributed by atoms with Gasteiger partial charge in [-0.1, -0.05) is 31.2 Å². The molecule has 0 atom stereocenters. The quantitative estimate of drug-likeness (QED) is 0.719. The zero-order valence-electron chi connectivity index (χ0n) is 9.69. The van der Waals surface area contributed by atoms with E-state index in [0.717, 1.165) is 17.9 Å². The van der Waals surface area contributed by atoms with Gasteiger partial charge in [0.15, 0.2) is 11.5 Å². The highest BCUT2D eigenvalue weighted by Gasteiger charge is 2.01. The number of hydrogen-bond acceptors (Lipinski definition) is 3. The molecule has 1 rings (SSSR count). The smallest absolute Gasteiger partial charge is 0.161 e. The molecule has 0 saturated heterocycles. The first-order valence-electron chi connectivity index (χ1n) is 5.58. The molecule has 2 N–H and O–H groups in total. The lowest BCUT2D eigenvalue weighted by molar-refractivity contribution is 0.284. The molecule has 88 valence electrons. The van der Waals surface area contributed by atoms with E-state index in [9.17, 15) is 0 Å². The minimum Gasteiger partial charge on any atom is -0.490 e. The van der Waals surface area contributed by atoms with Gasteiger partial charge in [-0.15, -0.1) is 0 Å². The van der Waals surface area contributed by atoms with E-state index in [1.807, 2.05) is 36.4 Å². The molecular weight excluding hydrogens is 202 g/mol. The van der Waals surface area contributed by atoms with E-state index in [2.05, 4.69) is 6.92 Å². The topological polar surface area (TPSA) is 44.5 Å². The van der Waals surface area contributed by atoms with E-state index in [-0.39, 0.29) is 0 Å². The molecule has 0 bridgehead atoms. The zero-order chi connectivity index (χ0) is 11.6. The van der Waals surface area contributed by atoms with Crippen LogP contribution in [0.5, 0.6) is 11.5 Å². The summed E-state index contributed by atoms with van der Waals surface area (Å²) in [6.45, 7) is 3.84. The third-order valence-corrected chi connectivity index (χ3v) is 1.95. The summed E-state index contributed by atoms with van der Waals surface area (Å²) in [6, 6.07) is 7.69. The summed E-state index contributed by atoms with van der Waals surface area (Å²) in [6.07, 6.45) is 4.76. The third-order valence-electron chi connectivity index (χ3n) is 1.95. The number of ether oxygens (including phenoxy) is 2. The largest absolute Gasteiger partial charge is 0.490 e. The molecule has 16 heavy (non-hydrogen) atoms. The van der Waals surface area contributed by atoms with Crippen molar-refractivity contribution in [3.8, 4) is 11.5 Å². The van der Waals surface area contributed by atoms with Gasteiger partial charge in [0.05, 0.1) is 6.61 Å². The van der Waals surface area contributed by atoms with Crippen molar-refractivity contribution in [1.82, 2.24) is 0 Å². The van der Waals surface area contributed by atoms with Crippen LogP contribution in [0.2, 0.25) is 0 Å². The molecule has 0 saturated carbocycles. The molecular formula is C13H19NO2. The molecule has 0 amide bonds. The van der Waals surface area contributed by atoms with Gasteiger partial charge >= 0.3 is 0 Å². The Bertz CT molecular complexity index is 323. The summed E-state index contributed by atoms with van der Waals surface area (Å²) >= 11 is 0. The van der Waals surface area contributed by atoms with Crippen LogP contribution >= 0.6 is 0 Å². The van der Waals surface area contributed by atoms with E-state index < -0.39 is 0 Å². The molecule has 0 aliphatic carbocycles. The normalized spacial score (nSPS) is 10.6. The van der Waals surface area contributed by atoms with Gasteiger partial charge in [0.2, 0.25) is 0 Å². The first-order valence-corrected chi connectivity index (χ1v) is 5.58. The van der Waals surface area contributed by atoms with Crippen LogP contribution in [0.3, 0.4) is 0 Å². The number of rotatable bonds is 7. The fourth-order valence-electron chi connectivity index (χ4n) is 1.20. The predicted molar refractivity (Wildman–Crippen MR) is 65.9 cm³/mol. The second-order valence-electron chi connectivity index (χ2n) is 3.31. The highest BCUT2D eigenvalue weighted by molar-refractivity contribution is 5.39. The molecule has 0 fully saturated rings. The number of hydrogen-bond donors (Lipinski definition) is 1. The molecule has 3 heteroatoms. The lowest BCUT2D eigenvalue weighted by atomic mass is 10.3. The van der Waals surface area contributed by atoms with Crippen LogP contribution in [0, 0.1) is 0 Å². The Morgan fingerprint density at radius 1 is 1.12 bits per heavy atom. The molecule has 0 aromatic heterocycles. The SMILES string of the molecule is CCCOc1ccccc1OCC=CCN. The molecule has 0 aliphatic heterocycles. The van der Waals surface area contributed by atoms with Crippen molar-refractivity contribution in [2.75, 3.05) is 19.8 Å². The van der Waals surface area contributed by atoms with Crippen molar-refractivity contribution in [1.29, 1.82) is 0 Å². The Morgan fingerprint density at radius 3 is 2.44 bits per heavy atom. The third kappa shape index (κ3) is 4.36. The van der Waals surface area contributed by atoms with Gasteiger partial charge in [-0.3, -0.25) is 0 Å². The molecule has 0 heterocycles. The van der Waals surface area contributed by atoms with Crippen LogP contribution in [-0.2, 0) is 0 Å². The van der Waals surface area contributed by atoms with Crippen LogP contribution in [0.4, 0.5) is 0 Å². The van der Waals surface area contributed by atoms with Crippen molar-refractivity contribution in [2.24, 2.45) is 5.73 Å². The fraction of sp³-hybridized carbons (Fsp3) is 0.385. The van der Waals surface area contributed by atoms with E-state index in [1.54, 1.807) is 0 Å². The number of para-hydroxylation sites is 2. The van der Waals surface area contributed by atoms with E-state index in [0.29, 0.717) is 19.8 Å². The maximum absolute atomic E-state index is 5.57. The Kier molecular flexibility index (Phi) is 6.11. The second-order valence-corrected chi connectivity index (χ2v) is 3.31. The Balaban J connectivity index is 2.52. The highest BCUT2D eigenvalue weighted by atomic mass is 16.5. The lowest BCUT2D eigenvalue weighted by Crippen LogP contribution is -2.01. The molecule has 1 aromatic carbocycles. The van der Waals surface area contributed by atoms with Crippen molar-refractivity contribution in [2.45, 2.75) is 13.3 Å². The van der Waals surface area contributed by atoms with Crippen molar-refractivity contribution >= 4 is 0 Å². The Morgan fingerprint density at radius 2 is 1.81 bits per heavy atom. The Hall–Kier alpha value is -1.48. The number of nitrogens with two attached hydrogens (primary N) is 1. The molecule has 1 aromatic rings. The molecule has 0 unspecified atom stereocenters. The predicted octanol–water partition coefficient (Wildman–Crippen LogP) is 2.37. The minimum absolute atomic E-state index is 0.518. The molecule has 3 nitrogen and oxygen atoms in total. The highest BCUT2D eigenvalue weighted by Crippen LogP contribution is 2.26. The summed E-state index contributed by atoms with van der Waals surface area (Å²) in [7, 11) is 0. The summed E-state index contributed by atoms with van der Waals surface area (Å²) in [4.78, 5) is 0. The van der Waals surface area contributed by atoms with Crippen LogP contribution < -0.4 is 15.2 Å². The van der Waals surface area contributed by atoms with Gasteiger partial charge in [0, 0.05) is 6.54 Å². The average molecular weight is 221 g/mol. The monoisotopic (exact) mass is 221 g/mol. The molecule has 0 aliphatic rings. The van der Waals surface area contributed by atoms with Gasteiger partial charge in [0.1, 0.15) is 6.61 Å². The van der Waals surface area contributed by atoms with Crippen molar-refractivity contribution < 1.29 is 9.47 Å². The van der Waals surface area contributed by atoms with E-state index in [1.165, 1.54) is 0 Å². The van der Waals surface area contributed by atoms with Crippen LogP contribution in [0.15, 0.2) is 36.4 Å². The first-order chi connectivity index (χ1) is 7.88. The van der Waals surface area contributed by atoms with Gasteiger partial charge < -0.3 is 15.2 Å². The first kappa shape index (κ1) is 12.6. The zero-order valence-corrected chi connectivity index (χ0v) is 9.69. The maximum atomic E-state index is 5.57. The fourth-order valence-corrected chi connectivity index (χ4v) is 1.20.